The fraction of sp³-hybridized carbons (Fsp3) is 0.353. The molecule has 2 fully saturated rings. The second kappa shape index (κ2) is 5.08. The molecule has 1 amide bonds. The van der Waals surface area contributed by atoms with Crippen LogP contribution < -0.4 is 10.6 Å². The van der Waals surface area contributed by atoms with Crippen LogP contribution in [0.25, 0.3) is 10.8 Å². The molecule has 1 aromatic carbocycles. The molecule has 0 radical (unpaired) electrons. The normalized spacial score (nSPS) is 26.0. The minimum atomic E-state index is -0.158. The highest BCUT2D eigenvalue weighted by atomic mass is 16.1. The van der Waals surface area contributed by atoms with Gasteiger partial charge in [0, 0.05) is 29.1 Å². The minimum absolute atomic E-state index is 0.158. The molecule has 5 heteroatoms. The maximum Gasteiger partial charge on any atom is 0.270 e. The molecule has 1 aliphatic heterocycles. The third-order valence-corrected chi connectivity index (χ3v) is 4.76. The molecule has 22 heavy (non-hydrogen) atoms. The van der Waals surface area contributed by atoms with Gasteiger partial charge in [-0.25, -0.2) is 0 Å². The standard InChI is InChI=1S/C17H16N4O/c18-7-11-2-1-3-12-9-20-16(6-13(11)12)17(22)21-15-5-10-4-14(15)19-8-10/h1-3,6,9-10,14-15,19H,4-5,8H2,(H,21,22). The number of pyridine rings is 1. The summed E-state index contributed by atoms with van der Waals surface area (Å²) < 4.78 is 0. The highest BCUT2D eigenvalue weighted by molar-refractivity contribution is 5.97. The summed E-state index contributed by atoms with van der Waals surface area (Å²) >= 11 is 0. The van der Waals surface area contributed by atoms with E-state index in [1.54, 1.807) is 18.3 Å². The number of nitrogens with zero attached hydrogens (tertiary/aromatic N) is 2. The highest BCUT2D eigenvalue weighted by Crippen LogP contribution is 2.31. The molecule has 110 valence electrons. The van der Waals surface area contributed by atoms with Crippen molar-refractivity contribution in [3.63, 3.8) is 0 Å². The Hall–Kier alpha value is -2.45. The molecular formula is C17H16N4O. The number of benzene rings is 1. The molecule has 2 N–H and O–H groups in total. The maximum atomic E-state index is 12.4. The summed E-state index contributed by atoms with van der Waals surface area (Å²) in [7, 11) is 0. The van der Waals surface area contributed by atoms with E-state index in [0.29, 0.717) is 23.2 Å². The van der Waals surface area contributed by atoms with E-state index < -0.39 is 0 Å². The molecule has 1 aromatic heterocycles. The van der Waals surface area contributed by atoms with Gasteiger partial charge in [-0.15, -0.1) is 0 Å². The fourth-order valence-electron chi connectivity index (χ4n) is 3.65. The first-order chi connectivity index (χ1) is 10.7. The Bertz CT molecular complexity index is 795. The lowest BCUT2D eigenvalue weighted by molar-refractivity contribution is 0.0923. The average Bonchev–Trinajstić information content (AvgIpc) is 3.16. The minimum Gasteiger partial charge on any atom is -0.346 e. The molecule has 2 aliphatic rings. The monoisotopic (exact) mass is 292 g/mol. The van der Waals surface area contributed by atoms with E-state index in [2.05, 4.69) is 21.7 Å². The largest absolute Gasteiger partial charge is 0.346 e. The molecular weight excluding hydrogens is 276 g/mol. The van der Waals surface area contributed by atoms with Crippen LogP contribution in [0, 0.1) is 17.2 Å². The average molecular weight is 292 g/mol. The molecule has 5 nitrogen and oxygen atoms in total. The Morgan fingerprint density at radius 1 is 1.41 bits per heavy atom. The van der Waals surface area contributed by atoms with Gasteiger partial charge in [0.2, 0.25) is 0 Å². The summed E-state index contributed by atoms with van der Waals surface area (Å²) in [5.74, 6) is 0.527. The number of nitrogens with one attached hydrogen (secondary N) is 2. The lowest BCUT2D eigenvalue weighted by Gasteiger charge is -2.23. The van der Waals surface area contributed by atoms with Gasteiger partial charge in [0.1, 0.15) is 5.69 Å². The van der Waals surface area contributed by atoms with Crippen molar-refractivity contribution in [2.75, 3.05) is 6.54 Å². The molecule has 3 unspecified atom stereocenters. The van der Waals surface area contributed by atoms with Crippen LogP contribution in [-0.2, 0) is 0 Å². The second-order valence-electron chi connectivity index (χ2n) is 6.14. The molecule has 4 rings (SSSR count). The Morgan fingerprint density at radius 3 is 3.05 bits per heavy atom. The van der Waals surface area contributed by atoms with Crippen LogP contribution in [-0.4, -0.2) is 29.5 Å². The predicted octanol–water partition coefficient (Wildman–Crippen LogP) is 1.59. The zero-order chi connectivity index (χ0) is 15.1. The number of hydrogen-bond acceptors (Lipinski definition) is 4. The molecule has 2 heterocycles. The Morgan fingerprint density at radius 2 is 2.32 bits per heavy atom. The van der Waals surface area contributed by atoms with Crippen molar-refractivity contribution >= 4 is 16.7 Å². The molecule has 0 spiro atoms. The van der Waals surface area contributed by atoms with Gasteiger partial charge >= 0.3 is 0 Å². The van der Waals surface area contributed by atoms with E-state index in [-0.39, 0.29) is 11.9 Å². The second-order valence-corrected chi connectivity index (χ2v) is 6.14. The van der Waals surface area contributed by atoms with Gasteiger partial charge in [-0.05, 0) is 37.4 Å². The van der Waals surface area contributed by atoms with Crippen LogP contribution in [0.5, 0.6) is 0 Å². The van der Waals surface area contributed by atoms with E-state index in [1.807, 2.05) is 12.1 Å². The first kappa shape index (κ1) is 13.2. The first-order valence-corrected chi connectivity index (χ1v) is 7.58. The van der Waals surface area contributed by atoms with Gasteiger partial charge in [-0.1, -0.05) is 12.1 Å². The molecule has 3 atom stereocenters. The molecule has 1 saturated carbocycles. The summed E-state index contributed by atoms with van der Waals surface area (Å²) in [6, 6.07) is 9.93. The van der Waals surface area contributed by atoms with Crippen molar-refractivity contribution in [1.29, 1.82) is 5.26 Å². The first-order valence-electron chi connectivity index (χ1n) is 7.58. The van der Waals surface area contributed by atoms with Crippen molar-refractivity contribution in [2.24, 2.45) is 5.92 Å². The number of nitriles is 1. The summed E-state index contributed by atoms with van der Waals surface area (Å²) in [6.07, 6.45) is 3.85. The fourth-order valence-corrected chi connectivity index (χ4v) is 3.65. The lowest BCUT2D eigenvalue weighted by atomic mass is 10.1. The summed E-state index contributed by atoms with van der Waals surface area (Å²) in [5, 5.41) is 17.3. The Labute approximate surface area is 128 Å². The van der Waals surface area contributed by atoms with Gasteiger partial charge < -0.3 is 10.6 Å². The van der Waals surface area contributed by atoms with Crippen molar-refractivity contribution in [3.8, 4) is 6.07 Å². The molecule has 2 aromatic rings. The summed E-state index contributed by atoms with van der Waals surface area (Å²) in [6.45, 7) is 1.07. The van der Waals surface area contributed by atoms with Crippen LogP contribution in [0.4, 0.5) is 0 Å². The van der Waals surface area contributed by atoms with E-state index in [1.165, 1.54) is 0 Å². The number of piperidine rings is 1. The number of carbonyl (C=O) groups excluding carboxylic acids is 1. The van der Waals surface area contributed by atoms with Crippen LogP contribution in [0.15, 0.2) is 30.5 Å². The van der Waals surface area contributed by atoms with Gasteiger partial charge in [-0.2, -0.15) is 5.26 Å². The number of amides is 1. The van der Waals surface area contributed by atoms with E-state index >= 15 is 0 Å². The van der Waals surface area contributed by atoms with Gasteiger partial charge in [0.25, 0.3) is 5.91 Å². The number of aromatic nitrogens is 1. The highest BCUT2D eigenvalue weighted by Gasteiger charge is 2.40. The number of rotatable bonds is 2. The quantitative estimate of drug-likeness (QED) is 0.881. The van der Waals surface area contributed by atoms with Gasteiger partial charge in [0.05, 0.1) is 11.6 Å². The maximum absolute atomic E-state index is 12.4. The third kappa shape index (κ3) is 2.13. The predicted molar refractivity (Wildman–Crippen MR) is 82.2 cm³/mol. The van der Waals surface area contributed by atoms with Crippen molar-refractivity contribution in [1.82, 2.24) is 15.6 Å². The SMILES string of the molecule is N#Cc1cccc2cnc(C(=O)NC3CC4CNC3C4)cc12. The number of hydrogen-bond donors (Lipinski definition) is 2. The summed E-state index contributed by atoms with van der Waals surface area (Å²) in [5.41, 5.74) is 0.938. The van der Waals surface area contributed by atoms with Crippen molar-refractivity contribution in [3.05, 3.63) is 41.7 Å². The zero-order valence-electron chi connectivity index (χ0n) is 12.0. The van der Waals surface area contributed by atoms with Crippen LogP contribution in [0.2, 0.25) is 0 Å². The zero-order valence-corrected chi connectivity index (χ0v) is 12.0. The van der Waals surface area contributed by atoms with E-state index in [4.69, 9.17) is 0 Å². The Balaban J connectivity index is 1.61. The van der Waals surface area contributed by atoms with Crippen LogP contribution in [0.3, 0.4) is 0 Å². The van der Waals surface area contributed by atoms with E-state index in [0.717, 1.165) is 30.2 Å². The van der Waals surface area contributed by atoms with Gasteiger partial charge in [-0.3, -0.25) is 9.78 Å². The smallest absolute Gasteiger partial charge is 0.270 e. The van der Waals surface area contributed by atoms with Crippen molar-refractivity contribution in [2.45, 2.75) is 24.9 Å². The summed E-state index contributed by atoms with van der Waals surface area (Å²) in [4.78, 5) is 16.7. The van der Waals surface area contributed by atoms with Crippen LogP contribution in [0.1, 0.15) is 28.9 Å². The Kier molecular flexibility index (Phi) is 3.05. The number of fused-ring (bicyclic) bond motifs is 3. The van der Waals surface area contributed by atoms with Gasteiger partial charge in [0.15, 0.2) is 0 Å². The molecule has 1 saturated heterocycles. The topological polar surface area (TPSA) is 77.8 Å². The lowest BCUT2D eigenvalue weighted by Crippen LogP contribution is -2.48. The number of carbonyl (C=O) groups is 1. The van der Waals surface area contributed by atoms with Crippen LogP contribution >= 0.6 is 0 Å². The van der Waals surface area contributed by atoms with Crippen molar-refractivity contribution < 1.29 is 4.79 Å². The molecule has 1 aliphatic carbocycles. The third-order valence-electron chi connectivity index (χ3n) is 4.76. The van der Waals surface area contributed by atoms with E-state index in [9.17, 15) is 10.1 Å². The molecule has 2 bridgehead atoms.